The summed E-state index contributed by atoms with van der Waals surface area (Å²) in [5.74, 6) is -0.532. The standard InChI is InChI=1S/C23H20ClN3O2S/c1-14-6-7-17(12-15(14)2)22(29)27-23(30)26-20-10-8-19(9-11-20)25-21(28)16-4-3-5-18(24)13-16/h3-13H,1-2H3,(H,25,28)(H2,26,27,29,30). The lowest BCUT2D eigenvalue weighted by molar-refractivity contribution is 0.0976. The molecular weight excluding hydrogens is 418 g/mol. The van der Waals surface area contributed by atoms with E-state index < -0.39 is 0 Å². The molecule has 2 amide bonds. The van der Waals surface area contributed by atoms with Crippen molar-refractivity contribution in [3.05, 3.63) is 94.0 Å². The van der Waals surface area contributed by atoms with Gasteiger partial charge in [-0.25, -0.2) is 0 Å². The Hall–Kier alpha value is -3.22. The maximum Gasteiger partial charge on any atom is 0.257 e. The van der Waals surface area contributed by atoms with E-state index >= 15 is 0 Å². The molecular formula is C23H20ClN3O2S. The summed E-state index contributed by atoms with van der Waals surface area (Å²) < 4.78 is 0. The zero-order valence-corrected chi connectivity index (χ0v) is 18.0. The average molecular weight is 438 g/mol. The molecule has 0 radical (unpaired) electrons. The van der Waals surface area contributed by atoms with Crippen molar-refractivity contribution in [3.8, 4) is 0 Å². The summed E-state index contributed by atoms with van der Waals surface area (Å²) >= 11 is 11.1. The van der Waals surface area contributed by atoms with E-state index in [2.05, 4.69) is 16.0 Å². The molecule has 0 fully saturated rings. The summed E-state index contributed by atoms with van der Waals surface area (Å²) in [7, 11) is 0. The second kappa shape index (κ2) is 9.52. The second-order valence-corrected chi connectivity index (χ2v) is 7.59. The molecule has 3 aromatic carbocycles. The molecule has 0 aliphatic heterocycles. The van der Waals surface area contributed by atoms with E-state index in [9.17, 15) is 9.59 Å². The Morgan fingerprint density at radius 1 is 0.767 bits per heavy atom. The van der Waals surface area contributed by atoms with Gasteiger partial charge in [0, 0.05) is 27.5 Å². The molecule has 7 heteroatoms. The Labute approximate surface area is 185 Å². The van der Waals surface area contributed by atoms with Gasteiger partial charge in [0.2, 0.25) is 0 Å². The van der Waals surface area contributed by atoms with Crippen LogP contribution < -0.4 is 16.0 Å². The SMILES string of the molecule is Cc1ccc(C(=O)NC(=S)Nc2ccc(NC(=O)c3cccc(Cl)c3)cc2)cc1C. The largest absolute Gasteiger partial charge is 0.332 e. The van der Waals surface area contributed by atoms with E-state index in [4.69, 9.17) is 23.8 Å². The van der Waals surface area contributed by atoms with Gasteiger partial charge in [-0.2, -0.15) is 0 Å². The number of amides is 2. The summed E-state index contributed by atoms with van der Waals surface area (Å²) in [6, 6.07) is 19.2. The molecule has 3 aromatic rings. The minimum atomic E-state index is -0.277. The lowest BCUT2D eigenvalue weighted by atomic mass is 10.1. The minimum Gasteiger partial charge on any atom is -0.332 e. The van der Waals surface area contributed by atoms with Crippen LogP contribution in [0.25, 0.3) is 0 Å². The zero-order valence-electron chi connectivity index (χ0n) is 16.5. The van der Waals surface area contributed by atoms with Crippen molar-refractivity contribution in [2.24, 2.45) is 0 Å². The van der Waals surface area contributed by atoms with Gasteiger partial charge in [-0.15, -0.1) is 0 Å². The maximum atomic E-state index is 12.3. The summed E-state index contributed by atoms with van der Waals surface area (Å²) in [4.78, 5) is 24.6. The Bertz CT molecular complexity index is 1110. The molecule has 0 aliphatic rings. The van der Waals surface area contributed by atoms with Crippen LogP contribution in [-0.2, 0) is 0 Å². The van der Waals surface area contributed by atoms with Crippen molar-refractivity contribution < 1.29 is 9.59 Å². The highest BCUT2D eigenvalue weighted by Crippen LogP contribution is 2.16. The lowest BCUT2D eigenvalue weighted by Gasteiger charge is -2.11. The van der Waals surface area contributed by atoms with Crippen LogP contribution in [0.5, 0.6) is 0 Å². The van der Waals surface area contributed by atoms with Crippen LogP contribution in [0.3, 0.4) is 0 Å². The molecule has 0 unspecified atom stereocenters. The van der Waals surface area contributed by atoms with E-state index in [1.807, 2.05) is 26.0 Å². The van der Waals surface area contributed by atoms with Crippen LogP contribution in [0.15, 0.2) is 66.7 Å². The Balaban J connectivity index is 1.57. The van der Waals surface area contributed by atoms with E-state index in [1.54, 1.807) is 54.6 Å². The van der Waals surface area contributed by atoms with Gasteiger partial charge in [-0.1, -0.05) is 23.7 Å². The van der Waals surface area contributed by atoms with Crippen LogP contribution in [0.1, 0.15) is 31.8 Å². The fraction of sp³-hybridized carbons (Fsp3) is 0.0870. The Kier molecular flexibility index (Phi) is 6.82. The summed E-state index contributed by atoms with van der Waals surface area (Å²) in [5, 5.41) is 9.11. The molecule has 3 N–H and O–H groups in total. The van der Waals surface area contributed by atoms with E-state index in [-0.39, 0.29) is 16.9 Å². The van der Waals surface area contributed by atoms with E-state index in [1.165, 1.54) is 0 Å². The number of anilines is 2. The number of hydrogen-bond acceptors (Lipinski definition) is 3. The number of nitrogens with one attached hydrogen (secondary N) is 3. The summed E-state index contributed by atoms with van der Waals surface area (Å²) in [6.07, 6.45) is 0. The maximum absolute atomic E-state index is 12.3. The topological polar surface area (TPSA) is 70.2 Å². The zero-order chi connectivity index (χ0) is 21.7. The van der Waals surface area contributed by atoms with Crippen LogP contribution >= 0.6 is 23.8 Å². The van der Waals surface area contributed by atoms with Gasteiger partial charge in [-0.3, -0.25) is 14.9 Å². The van der Waals surface area contributed by atoms with Crippen LogP contribution in [0.2, 0.25) is 5.02 Å². The van der Waals surface area contributed by atoms with Crippen LogP contribution in [0.4, 0.5) is 11.4 Å². The predicted molar refractivity (Wildman–Crippen MR) is 125 cm³/mol. The summed E-state index contributed by atoms with van der Waals surface area (Å²) in [5.41, 5.74) is 4.48. The molecule has 0 saturated heterocycles. The number of benzene rings is 3. The normalized spacial score (nSPS) is 10.2. The van der Waals surface area contributed by atoms with Gasteiger partial charge < -0.3 is 10.6 Å². The second-order valence-electron chi connectivity index (χ2n) is 6.75. The van der Waals surface area contributed by atoms with Gasteiger partial charge in [-0.05, 0) is 91.8 Å². The van der Waals surface area contributed by atoms with E-state index in [0.717, 1.165) is 11.1 Å². The number of thiocarbonyl (C=S) groups is 1. The number of aryl methyl sites for hydroxylation is 2. The first-order valence-corrected chi connectivity index (χ1v) is 9.97. The van der Waals surface area contributed by atoms with Crippen molar-refractivity contribution in [3.63, 3.8) is 0 Å². The third-order valence-electron chi connectivity index (χ3n) is 4.48. The fourth-order valence-electron chi connectivity index (χ4n) is 2.69. The molecule has 0 spiro atoms. The first-order valence-electron chi connectivity index (χ1n) is 9.18. The average Bonchev–Trinajstić information content (AvgIpc) is 2.71. The van der Waals surface area contributed by atoms with E-state index in [0.29, 0.717) is 27.5 Å². The van der Waals surface area contributed by atoms with Crippen molar-refractivity contribution in [2.45, 2.75) is 13.8 Å². The van der Waals surface area contributed by atoms with Crippen molar-refractivity contribution >= 4 is 52.1 Å². The number of carbonyl (C=O) groups is 2. The number of halogens is 1. The van der Waals surface area contributed by atoms with Gasteiger partial charge >= 0.3 is 0 Å². The highest BCUT2D eigenvalue weighted by Gasteiger charge is 2.10. The first kappa shape index (κ1) is 21.5. The van der Waals surface area contributed by atoms with Gasteiger partial charge in [0.15, 0.2) is 5.11 Å². The monoisotopic (exact) mass is 437 g/mol. The van der Waals surface area contributed by atoms with Crippen molar-refractivity contribution in [1.82, 2.24) is 5.32 Å². The molecule has 0 aliphatic carbocycles. The number of carbonyl (C=O) groups excluding carboxylic acids is 2. The molecule has 0 aromatic heterocycles. The minimum absolute atomic E-state index is 0.189. The van der Waals surface area contributed by atoms with Crippen LogP contribution in [0, 0.1) is 13.8 Å². The molecule has 3 rings (SSSR count). The fourth-order valence-corrected chi connectivity index (χ4v) is 3.09. The Morgan fingerprint density at radius 2 is 1.40 bits per heavy atom. The lowest BCUT2D eigenvalue weighted by Crippen LogP contribution is -2.34. The molecule has 0 bridgehead atoms. The van der Waals surface area contributed by atoms with Crippen LogP contribution in [-0.4, -0.2) is 16.9 Å². The quantitative estimate of drug-likeness (QED) is 0.482. The van der Waals surface area contributed by atoms with Crippen molar-refractivity contribution in [2.75, 3.05) is 10.6 Å². The van der Waals surface area contributed by atoms with Crippen molar-refractivity contribution in [1.29, 1.82) is 0 Å². The van der Waals surface area contributed by atoms with Gasteiger partial charge in [0.1, 0.15) is 0 Å². The molecule has 30 heavy (non-hydrogen) atoms. The molecule has 0 heterocycles. The third-order valence-corrected chi connectivity index (χ3v) is 4.92. The third kappa shape index (κ3) is 5.65. The smallest absolute Gasteiger partial charge is 0.257 e. The Morgan fingerprint density at radius 3 is 2.03 bits per heavy atom. The first-order chi connectivity index (χ1) is 14.3. The molecule has 0 saturated carbocycles. The predicted octanol–water partition coefficient (Wildman–Crippen LogP) is 5.34. The molecule has 0 atom stereocenters. The highest BCUT2D eigenvalue weighted by atomic mass is 35.5. The number of hydrogen-bond donors (Lipinski definition) is 3. The van der Waals surface area contributed by atoms with Gasteiger partial charge in [0.05, 0.1) is 0 Å². The van der Waals surface area contributed by atoms with Gasteiger partial charge in [0.25, 0.3) is 11.8 Å². The molecule has 5 nitrogen and oxygen atoms in total. The molecule has 152 valence electrons. The highest BCUT2D eigenvalue weighted by molar-refractivity contribution is 7.80. The summed E-state index contributed by atoms with van der Waals surface area (Å²) in [6.45, 7) is 3.94. The number of rotatable bonds is 4.